The highest BCUT2D eigenvalue weighted by Crippen LogP contribution is 2.23. The van der Waals surface area contributed by atoms with Gasteiger partial charge in [-0.15, -0.1) is 0 Å². The molecule has 2 heterocycles. The van der Waals surface area contributed by atoms with Gasteiger partial charge in [-0.1, -0.05) is 11.6 Å². The first kappa shape index (κ1) is 9.08. The zero-order valence-corrected chi connectivity index (χ0v) is 8.51. The van der Waals surface area contributed by atoms with E-state index in [2.05, 4.69) is 9.97 Å². The predicted molar refractivity (Wildman–Crippen MR) is 54.7 cm³/mol. The fraction of sp³-hybridized carbons (Fsp3) is 0.250. The van der Waals surface area contributed by atoms with Crippen molar-refractivity contribution >= 4 is 23.2 Å². The molecule has 2 aromatic rings. The molecule has 0 spiro atoms. The SMILES string of the molecule is Cc1c(C)c2nc(N)[nH]c(=O)n2c1Cl. The fourth-order valence-electron chi connectivity index (χ4n) is 1.38. The maximum atomic E-state index is 11.5. The maximum Gasteiger partial charge on any atom is 0.335 e. The standard InChI is InChI=1S/C8H9ClN4O/c1-3-4(2)6-11-7(10)12-8(14)13(6)5(3)9/h1-2H3,(H3,10,11,12,14). The lowest BCUT2D eigenvalue weighted by Gasteiger charge is -1.96. The Morgan fingerprint density at radius 2 is 2.07 bits per heavy atom. The van der Waals surface area contributed by atoms with E-state index in [-0.39, 0.29) is 11.6 Å². The molecule has 0 saturated carbocycles. The average Bonchev–Trinajstić information content (AvgIpc) is 2.31. The van der Waals surface area contributed by atoms with Gasteiger partial charge >= 0.3 is 5.69 Å². The van der Waals surface area contributed by atoms with E-state index in [1.54, 1.807) is 0 Å². The maximum absolute atomic E-state index is 11.5. The Kier molecular flexibility index (Phi) is 1.78. The number of aromatic amines is 1. The highest BCUT2D eigenvalue weighted by atomic mass is 35.5. The van der Waals surface area contributed by atoms with Crippen LogP contribution in [0.5, 0.6) is 0 Å². The molecule has 0 aromatic carbocycles. The summed E-state index contributed by atoms with van der Waals surface area (Å²) in [4.78, 5) is 17.9. The van der Waals surface area contributed by atoms with E-state index >= 15 is 0 Å². The monoisotopic (exact) mass is 212 g/mol. The number of fused-ring (bicyclic) bond motifs is 1. The minimum atomic E-state index is -0.367. The van der Waals surface area contributed by atoms with Crippen molar-refractivity contribution in [1.29, 1.82) is 0 Å². The minimum absolute atomic E-state index is 0.0970. The Labute approximate surface area is 84.5 Å². The van der Waals surface area contributed by atoms with Crippen molar-refractivity contribution in [3.05, 3.63) is 26.8 Å². The summed E-state index contributed by atoms with van der Waals surface area (Å²) in [5.74, 6) is 0.0970. The van der Waals surface area contributed by atoms with Crippen LogP contribution in [0.2, 0.25) is 5.15 Å². The molecule has 6 heteroatoms. The molecule has 0 aliphatic rings. The zero-order valence-electron chi connectivity index (χ0n) is 7.76. The van der Waals surface area contributed by atoms with Crippen molar-refractivity contribution in [3.8, 4) is 0 Å². The number of H-pyrrole nitrogens is 1. The van der Waals surface area contributed by atoms with Gasteiger partial charge in [0.2, 0.25) is 5.95 Å². The van der Waals surface area contributed by atoms with Gasteiger partial charge in [-0.25, -0.2) is 9.20 Å². The lowest BCUT2D eigenvalue weighted by Crippen LogP contribution is -2.19. The summed E-state index contributed by atoms with van der Waals surface area (Å²) in [6.45, 7) is 3.68. The van der Waals surface area contributed by atoms with Crippen LogP contribution in [-0.2, 0) is 0 Å². The molecule has 74 valence electrons. The molecule has 0 aliphatic heterocycles. The third-order valence-electron chi connectivity index (χ3n) is 2.28. The smallest absolute Gasteiger partial charge is 0.335 e. The molecular formula is C8H9ClN4O. The van der Waals surface area contributed by atoms with Crippen molar-refractivity contribution in [1.82, 2.24) is 14.4 Å². The number of rotatable bonds is 0. The van der Waals surface area contributed by atoms with Crippen molar-refractivity contribution in [2.75, 3.05) is 5.73 Å². The Morgan fingerprint density at radius 1 is 1.43 bits per heavy atom. The lowest BCUT2D eigenvalue weighted by atomic mass is 10.2. The first-order valence-corrected chi connectivity index (χ1v) is 4.43. The molecule has 2 rings (SSSR count). The molecule has 5 nitrogen and oxygen atoms in total. The molecule has 14 heavy (non-hydrogen) atoms. The Hall–Kier alpha value is -1.49. The molecular weight excluding hydrogens is 204 g/mol. The zero-order chi connectivity index (χ0) is 10.5. The van der Waals surface area contributed by atoms with Crippen molar-refractivity contribution in [2.24, 2.45) is 0 Å². The highest BCUT2D eigenvalue weighted by Gasteiger charge is 2.13. The summed E-state index contributed by atoms with van der Waals surface area (Å²) >= 11 is 5.97. The van der Waals surface area contributed by atoms with Crippen molar-refractivity contribution in [2.45, 2.75) is 13.8 Å². The van der Waals surface area contributed by atoms with E-state index in [4.69, 9.17) is 17.3 Å². The lowest BCUT2D eigenvalue weighted by molar-refractivity contribution is 0.964. The van der Waals surface area contributed by atoms with Crippen LogP contribution in [0.1, 0.15) is 11.1 Å². The number of nitrogens with zero attached hydrogens (tertiary/aromatic N) is 2. The molecule has 3 N–H and O–H groups in total. The van der Waals surface area contributed by atoms with E-state index in [0.717, 1.165) is 11.1 Å². The fourth-order valence-corrected chi connectivity index (χ4v) is 1.68. The van der Waals surface area contributed by atoms with E-state index in [0.29, 0.717) is 10.8 Å². The second-order valence-corrected chi connectivity index (χ2v) is 3.49. The number of aromatic nitrogens is 3. The third kappa shape index (κ3) is 1.02. The molecule has 0 bridgehead atoms. The van der Waals surface area contributed by atoms with Gasteiger partial charge in [0, 0.05) is 0 Å². The summed E-state index contributed by atoms with van der Waals surface area (Å²) in [5.41, 5.74) is 7.28. The number of nitrogen functional groups attached to an aromatic ring is 1. The van der Waals surface area contributed by atoms with Crippen molar-refractivity contribution < 1.29 is 0 Å². The number of nitrogens with two attached hydrogens (primary N) is 1. The quantitative estimate of drug-likeness (QED) is 0.681. The molecule has 0 atom stereocenters. The van der Waals surface area contributed by atoms with Crippen molar-refractivity contribution in [3.63, 3.8) is 0 Å². The summed E-state index contributed by atoms with van der Waals surface area (Å²) < 4.78 is 1.31. The van der Waals surface area contributed by atoms with Crippen LogP contribution in [0.3, 0.4) is 0 Å². The second kappa shape index (κ2) is 2.75. The van der Waals surface area contributed by atoms with Gasteiger partial charge in [0.15, 0.2) is 0 Å². The van der Waals surface area contributed by atoms with E-state index in [1.165, 1.54) is 4.40 Å². The number of hydrogen-bond donors (Lipinski definition) is 2. The second-order valence-electron chi connectivity index (χ2n) is 3.13. The summed E-state index contributed by atoms with van der Waals surface area (Å²) in [7, 11) is 0. The highest BCUT2D eigenvalue weighted by molar-refractivity contribution is 6.31. The Bertz CT molecular complexity index is 569. The predicted octanol–water partition coefficient (Wildman–Crippen LogP) is 0.875. The molecule has 0 saturated heterocycles. The first-order chi connectivity index (χ1) is 6.52. The number of hydrogen-bond acceptors (Lipinski definition) is 3. The number of halogens is 1. The van der Waals surface area contributed by atoms with E-state index in [9.17, 15) is 4.79 Å². The summed E-state index contributed by atoms with van der Waals surface area (Å²) in [6.07, 6.45) is 0. The van der Waals surface area contributed by atoms with Gasteiger partial charge in [0.1, 0.15) is 10.8 Å². The third-order valence-corrected chi connectivity index (χ3v) is 2.73. The Balaban J connectivity index is 3.10. The normalized spacial score (nSPS) is 11.1. The van der Waals surface area contributed by atoms with E-state index < -0.39 is 0 Å². The Morgan fingerprint density at radius 3 is 2.71 bits per heavy atom. The van der Waals surface area contributed by atoms with E-state index in [1.807, 2.05) is 13.8 Å². The molecule has 2 aromatic heterocycles. The van der Waals surface area contributed by atoms with Gasteiger partial charge in [0.05, 0.1) is 0 Å². The molecule has 0 unspecified atom stereocenters. The van der Waals surface area contributed by atoms with Crippen LogP contribution in [0, 0.1) is 13.8 Å². The van der Waals surface area contributed by atoms with Gasteiger partial charge in [0.25, 0.3) is 0 Å². The van der Waals surface area contributed by atoms with Crippen LogP contribution in [0.15, 0.2) is 4.79 Å². The number of anilines is 1. The van der Waals surface area contributed by atoms with Gasteiger partial charge in [-0.05, 0) is 25.0 Å². The van der Waals surface area contributed by atoms with Crippen LogP contribution in [0.25, 0.3) is 5.65 Å². The van der Waals surface area contributed by atoms with Gasteiger partial charge in [-0.3, -0.25) is 4.98 Å². The van der Waals surface area contributed by atoms with Crippen LogP contribution in [-0.4, -0.2) is 14.4 Å². The molecule has 0 radical (unpaired) electrons. The average molecular weight is 213 g/mol. The van der Waals surface area contributed by atoms with Crippen LogP contribution < -0.4 is 11.4 Å². The molecule has 0 fully saturated rings. The van der Waals surface area contributed by atoms with Crippen LogP contribution >= 0.6 is 11.6 Å². The summed E-state index contributed by atoms with van der Waals surface area (Å²) in [5, 5.41) is 0.381. The summed E-state index contributed by atoms with van der Waals surface area (Å²) in [6, 6.07) is 0. The minimum Gasteiger partial charge on any atom is -0.369 e. The van der Waals surface area contributed by atoms with Gasteiger partial charge < -0.3 is 5.73 Å². The molecule has 0 amide bonds. The number of nitrogens with one attached hydrogen (secondary N) is 1. The first-order valence-electron chi connectivity index (χ1n) is 4.05. The number of aryl methyl sites for hydroxylation is 1. The van der Waals surface area contributed by atoms with Crippen LogP contribution in [0.4, 0.5) is 5.95 Å². The molecule has 0 aliphatic carbocycles. The largest absolute Gasteiger partial charge is 0.369 e. The van der Waals surface area contributed by atoms with Gasteiger partial charge in [-0.2, -0.15) is 4.98 Å². The topological polar surface area (TPSA) is 76.2 Å².